The van der Waals surface area contributed by atoms with Crippen molar-refractivity contribution in [1.29, 1.82) is 0 Å². The van der Waals surface area contributed by atoms with Crippen molar-refractivity contribution in [2.24, 2.45) is 0 Å². The van der Waals surface area contributed by atoms with Crippen molar-refractivity contribution in [3.05, 3.63) is 77.0 Å². The van der Waals surface area contributed by atoms with Crippen LogP contribution in [0.2, 0.25) is 0 Å². The van der Waals surface area contributed by atoms with E-state index in [9.17, 15) is 4.79 Å². The Labute approximate surface area is 169 Å². The first-order chi connectivity index (χ1) is 14.1. The number of rotatable bonds is 4. The summed E-state index contributed by atoms with van der Waals surface area (Å²) in [5.74, 6) is 1.58. The lowest BCUT2D eigenvalue weighted by Gasteiger charge is -2.30. The summed E-state index contributed by atoms with van der Waals surface area (Å²) in [6, 6.07) is 18.6. The first-order valence-corrected chi connectivity index (χ1v) is 10.00. The summed E-state index contributed by atoms with van der Waals surface area (Å²) in [5.41, 5.74) is 3.83. The Kier molecular flexibility index (Phi) is 4.36. The summed E-state index contributed by atoms with van der Waals surface area (Å²) in [5, 5.41) is 2.95. The van der Waals surface area contributed by atoms with E-state index in [2.05, 4.69) is 35.2 Å². The Balaban J connectivity index is 1.61. The molecule has 0 amide bonds. The third-order valence-electron chi connectivity index (χ3n) is 5.76. The SMILES string of the molecule is CC(=O)c1c(C)oc2c1c1c(c3ccccc32)OCN(CCc2ccccc2)C1. The molecule has 0 atom stereocenters. The molecule has 4 aromatic rings. The number of furan rings is 1. The highest BCUT2D eigenvalue weighted by Gasteiger charge is 2.28. The highest BCUT2D eigenvalue weighted by molar-refractivity contribution is 6.17. The van der Waals surface area contributed by atoms with Gasteiger partial charge in [-0.2, -0.15) is 0 Å². The van der Waals surface area contributed by atoms with Gasteiger partial charge in [-0.1, -0.05) is 54.6 Å². The van der Waals surface area contributed by atoms with Gasteiger partial charge in [0, 0.05) is 34.8 Å². The van der Waals surface area contributed by atoms with Crippen LogP contribution in [-0.2, 0) is 13.0 Å². The van der Waals surface area contributed by atoms with Crippen LogP contribution in [0.1, 0.15) is 34.2 Å². The van der Waals surface area contributed by atoms with Crippen LogP contribution in [0, 0.1) is 6.92 Å². The highest BCUT2D eigenvalue weighted by Crippen LogP contribution is 2.43. The molecule has 0 aliphatic carbocycles. The average Bonchev–Trinajstić information content (AvgIpc) is 3.10. The van der Waals surface area contributed by atoms with Crippen molar-refractivity contribution in [3.8, 4) is 5.75 Å². The Bertz CT molecular complexity index is 1220. The smallest absolute Gasteiger partial charge is 0.163 e. The molecule has 0 radical (unpaired) electrons. The monoisotopic (exact) mass is 385 g/mol. The summed E-state index contributed by atoms with van der Waals surface area (Å²) in [4.78, 5) is 14.7. The molecule has 3 aromatic carbocycles. The van der Waals surface area contributed by atoms with Gasteiger partial charge >= 0.3 is 0 Å². The van der Waals surface area contributed by atoms with Crippen LogP contribution in [0.5, 0.6) is 5.75 Å². The van der Waals surface area contributed by atoms with Crippen molar-refractivity contribution in [2.75, 3.05) is 13.3 Å². The summed E-state index contributed by atoms with van der Waals surface area (Å²) >= 11 is 0. The normalized spacial score (nSPS) is 14.1. The molecule has 1 aliphatic rings. The molecule has 0 saturated heterocycles. The van der Waals surface area contributed by atoms with Crippen molar-refractivity contribution in [3.63, 3.8) is 0 Å². The van der Waals surface area contributed by atoms with E-state index in [0.29, 0.717) is 18.1 Å². The second-order valence-electron chi connectivity index (χ2n) is 7.71. The van der Waals surface area contributed by atoms with E-state index in [1.165, 1.54) is 5.56 Å². The lowest BCUT2D eigenvalue weighted by molar-refractivity contribution is 0.0988. The number of Topliss-reactive ketones (excluding diaryl/α,β-unsaturated/α-hetero) is 1. The van der Waals surface area contributed by atoms with Gasteiger partial charge in [-0.25, -0.2) is 0 Å². The lowest BCUT2D eigenvalue weighted by atomic mass is 9.95. The van der Waals surface area contributed by atoms with Gasteiger partial charge in [0.15, 0.2) is 5.78 Å². The first-order valence-electron chi connectivity index (χ1n) is 10.00. The molecular weight excluding hydrogens is 362 g/mol. The number of benzene rings is 3. The fourth-order valence-electron chi connectivity index (χ4n) is 4.42. The summed E-state index contributed by atoms with van der Waals surface area (Å²) < 4.78 is 12.4. The first kappa shape index (κ1) is 18.0. The molecular formula is C25H23NO3. The number of ether oxygens (including phenoxy) is 1. The van der Waals surface area contributed by atoms with Gasteiger partial charge in [0.1, 0.15) is 23.8 Å². The van der Waals surface area contributed by atoms with Crippen LogP contribution in [-0.4, -0.2) is 24.0 Å². The van der Waals surface area contributed by atoms with E-state index >= 15 is 0 Å². The second kappa shape index (κ2) is 7.05. The van der Waals surface area contributed by atoms with Crippen LogP contribution in [0.15, 0.2) is 59.0 Å². The van der Waals surface area contributed by atoms with Crippen molar-refractivity contribution < 1.29 is 13.9 Å². The molecule has 146 valence electrons. The van der Waals surface area contributed by atoms with Crippen LogP contribution in [0.25, 0.3) is 21.7 Å². The van der Waals surface area contributed by atoms with Crippen molar-refractivity contribution in [1.82, 2.24) is 4.90 Å². The topological polar surface area (TPSA) is 42.7 Å². The molecule has 0 N–H and O–H groups in total. The number of fused-ring (bicyclic) bond motifs is 6. The predicted octanol–water partition coefficient (Wildman–Crippen LogP) is 5.49. The highest BCUT2D eigenvalue weighted by atomic mass is 16.5. The van der Waals surface area contributed by atoms with Gasteiger partial charge in [-0.15, -0.1) is 0 Å². The van der Waals surface area contributed by atoms with Crippen LogP contribution in [0.3, 0.4) is 0 Å². The third-order valence-corrected chi connectivity index (χ3v) is 5.76. The maximum Gasteiger partial charge on any atom is 0.163 e. The predicted molar refractivity (Wildman–Crippen MR) is 115 cm³/mol. The minimum Gasteiger partial charge on any atom is -0.477 e. The van der Waals surface area contributed by atoms with Crippen molar-refractivity contribution >= 4 is 27.5 Å². The van der Waals surface area contributed by atoms with E-state index < -0.39 is 0 Å². The quantitative estimate of drug-likeness (QED) is 0.436. The fraction of sp³-hybridized carbons (Fsp3) is 0.240. The zero-order chi connectivity index (χ0) is 20.0. The molecule has 0 bridgehead atoms. The number of carbonyl (C=O) groups is 1. The molecule has 29 heavy (non-hydrogen) atoms. The van der Waals surface area contributed by atoms with Gasteiger partial charge in [-0.05, 0) is 25.8 Å². The van der Waals surface area contributed by atoms with Gasteiger partial charge in [-0.3, -0.25) is 9.69 Å². The van der Waals surface area contributed by atoms with Gasteiger partial charge < -0.3 is 9.15 Å². The third kappa shape index (κ3) is 3.00. The van der Waals surface area contributed by atoms with Crippen LogP contribution in [0.4, 0.5) is 0 Å². The number of nitrogens with zero attached hydrogens (tertiary/aromatic N) is 1. The van der Waals surface area contributed by atoms with Crippen LogP contribution < -0.4 is 4.74 Å². The van der Waals surface area contributed by atoms with E-state index in [1.54, 1.807) is 6.92 Å². The maximum atomic E-state index is 12.4. The van der Waals surface area contributed by atoms with E-state index in [1.807, 2.05) is 31.2 Å². The Morgan fingerprint density at radius 3 is 2.52 bits per heavy atom. The molecule has 1 aromatic heterocycles. The zero-order valence-corrected chi connectivity index (χ0v) is 16.7. The van der Waals surface area contributed by atoms with E-state index in [0.717, 1.165) is 52.6 Å². The Hall–Kier alpha value is -3.11. The number of carbonyl (C=O) groups excluding carboxylic acids is 1. The molecule has 1 aliphatic heterocycles. The summed E-state index contributed by atoms with van der Waals surface area (Å²) in [6.45, 7) is 5.65. The zero-order valence-electron chi connectivity index (χ0n) is 16.7. The fourth-order valence-corrected chi connectivity index (χ4v) is 4.42. The standard InChI is InChI=1S/C25H23NO3/c1-16(27)22-17(2)29-25-20-11-7-6-10-19(20)24-21(23(22)25)14-26(15-28-24)13-12-18-8-4-3-5-9-18/h3-11H,12-15H2,1-2H3. The van der Waals surface area contributed by atoms with Gasteiger partial charge in [0.25, 0.3) is 0 Å². The van der Waals surface area contributed by atoms with E-state index in [4.69, 9.17) is 9.15 Å². The van der Waals surface area contributed by atoms with Crippen LogP contribution >= 0.6 is 0 Å². The average molecular weight is 385 g/mol. The molecule has 5 rings (SSSR count). The number of hydrogen-bond donors (Lipinski definition) is 0. The molecule has 0 spiro atoms. The molecule has 0 unspecified atom stereocenters. The largest absolute Gasteiger partial charge is 0.477 e. The van der Waals surface area contributed by atoms with Gasteiger partial charge in [0.2, 0.25) is 0 Å². The number of hydrogen-bond acceptors (Lipinski definition) is 4. The Morgan fingerprint density at radius 2 is 1.76 bits per heavy atom. The molecule has 4 heteroatoms. The van der Waals surface area contributed by atoms with Gasteiger partial charge in [0.05, 0.1) is 5.56 Å². The van der Waals surface area contributed by atoms with Crippen molar-refractivity contribution in [2.45, 2.75) is 26.8 Å². The number of ketones is 1. The molecule has 0 saturated carbocycles. The number of aryl methyl sites for hydroxylation is 1. The van der Waals surface area contributed by atoms with E-state index in [-0.39, 0.29) is 5.78 Å². The minimum atomic E-state index is 0.0279. The minimum absolute atomic E-state index is 0.0279. The summed E-state index contributed by atoms with van der Waals surface area (Å²) in [6.07, 6.45) is 0.959. The molecule has 2 heterocycles. The Morgan fingerprint density at radius 1 is 1.03 bits per heavy atom. The lowest BCUT2D eigenvalue weighted by Crippen LogP contribution is -2.34. The second-order valence-corrected chi connectivity index (χ2v) is 7.71. The molecule has 4 nitrogen and oxygen atoms in total. The maximum absolute atomic E-state index is 12.4. The molecule has 0 fully saturated rings. The summed E-state index contributed by atoms with van der Waals surface area (Å²) in [7, 11) is 0.